The van der Waals surface area contributed by atoms with E-state index in [2.05, 4.69) is 5.16 Å². The molecule has 28 heavy (non-hydrogen) atoms. The van der Waals surface area contributed by atoms with Crippen molar-refractivity contribution in [3.63, 3.8) is 0 Å². The van der Waals surface area contributed by atoms with Gasteiger partial charge in [0.1, 0.15) is 6.10 Å². The van der Waals surface area contributed by atoms with Crippen molar-refractivity contribution in [2.75, 3.05) is 4.90 Å². The number of aryl methyl sites for hydroxylation is 1. The zero-order chi connectivity index (χ0) is 19.0. The third-order valence-corrected chi connectivity index (χ3v) is 6.40. The molecule has 4 aliphatic heterocycles. The fraction of sp³-hybridized carbons (Fsp3) is 0.318. The number of nitrogens with zero attached hydrogens (tertiary/aromatic N) is 2. The molecule has 6 unspecified atom stereocenters. The van der Waals surface area contributed by atoms with Crippen LogP contribution in [0.5, 0.6) is 0 Å². The molecule has 2 amide bonds. The minimum atomic E-state index is -0.495. The molecule has 4 heterocycles. The Balaban J connectivity index is 1.36. The lowest BCUT2D eigenvalue weighted by Crippen LogP contribution is -2.45. The fourth-order valence-electron chi connectivity index (χ4n) is 5.15. The van der Waals surface area contributed by atoms with Crippen LogP contribution >= 0.6 is 0 Å². The van der Waals surface area contributed by atoms with Crippen molar-refractivity contribution >= 4 is 23.2 Å². The van der Waals surface area contributed by atoms with Crippen LogP contribution in [0.2, 0.25) is 0 Å². The number of fused-ring (bicyclic) bond motifs is 8. The molecule has 2 bridgehead atoms. The highest BCUT2D eigenvalue weighted by Gasteiger charge is 2.72. The highest BCUT2D eigenvalue weighted by Crippen LogP contribution is 2.55. The van der Waals surface area contributed by atoms with E-state index in [0.29, 0.717) is 5.69 Å². The lowest BCUT2D eigenvalue weighted by atomic mass is 9.71. The summed E-state index contributed by atoms with van der Waals surface area (Å²) in [4.78, 5) is 33.4. The van der Waals surface area contributed by atoms with Crippen LogP contribution < -0.4 is 4.90 Å². The normalized spacial score (nSPS) is 35.0. The van der Waals surface area contributed by atoms with Crippen LogP contribution in [0, 0.1) is 24.7 Å². The van der Waals surface area contributed by atoms with Crippen LogP contribution in [0.1, 0.15) is 11.1 Å². The second-order valence-corrected chi connectivity index (χ2v) is 7.90. The minimum Gasteiger partial charge on any atom is -0.389 e. The molecule has 6 atom stereocenters. The van der Waals surface area contributed by atoms with Crippen molar-refractivity contribution in [3.05, 3.63) is 65.7 Å². The first-order chi connectivity index (χ1) is 13.6. The van der Waals surface area contributed by atoms with Gasteiger partial charge in [0, 0.05) is 0 Å². The molecule has 0 N–H and O–H groups in total. The van der Waals surface area contributed by atoms with E-state index in [9.17, 15) is 9.59 Å². The number of hydrogen-bond donors (Lipinski definition) is 0. The van der Waals surface area contributed by atoms with Gasteiger partial charge in [-0.1, -0.05) is 53.2 Å². The maximum absolute atomic E-state index is 13.2. The van der Waals surface area contributed by atoms with Crippen LogP contribution in [0.25, 0.3) is 0 Å². The highest BCUT2D eigenvalue weighted by molar-refractivity contribution is 6.23. The quantitative estimate of drug-likeness (QED) is 0.757. The van der Waals surface area contributed by atoms with Gasteiger partial charge in [0.05, 0.1) is 35.3 Å². The number of amides is 2. The number of carbonyl (C=O) groups is 2. The first-order valence-corrected chi connectivity index (χ1v) is 9.54. The Morgan fingerprint density at radius 2 is 1.50 bits per heavy atom. The van der Waals surface area contributed by atoms with Gasteiger partial charge in [-0.2, -0.15) is 0 Å². The van der Waals surface area contributed by atoms with Crippen LogP contribution in [0.3, 0.4) is 0 Å². The summed E-state index contributed by atoms with van der Waals surface area (Å²) in [6, 6.07) is 17.3. The predicted octanol–water partition coefficient (Wildman–Crippen LogP) is 2.30. The molecule has 2 aromatic rings. The van der Waals surface area contributed by atoms with Gasteiger partial charge >= 0.3 is 0 Å². The van der Waals surface area contributed by atoms with Crippen LogP contribution in [0.4, 0.5) is 5.69 Å². The number of anilines is 1. The van der Waals surface area contributed by atoms with E-state index in [4.69, 9.17) is 9.57 Å². The summed E-state index contributed by atoms with van der Waals surface area (Å²) >= 11 is 0. The van der Waals surface area contributed by atoms with Crippen LogP contribution in [-0.2, 0) is 19.2 Å². The summed E-state index contributed by atoms with van der Waals surface area (Å²) < 4.78 is 6.13. The smallest absolute Gasteiger partial charge is 0.240 e. The van der Waals surface area contributed by atoms with Crippen molar-refractivity contribution in [1.82, 2.24) is 0 Å². The number of hydrogen-bond acceptors (Lipinski definition) is 5. The van der Waals surface area contributed by atoms with Gasteiger partial charge in [0.15, 0.2) is 6.10 Å². The zero-order valence-electron chi connectivity index (χ0n) is 15.2. The van der Waals surface area contributed by atoms with Gasteiger partial charge in [0.2, 0.25) is 11.8 Å². The molecule has 0 radical (unpaired) electrons. The van der Waals surface area contributed by atoms with Gasteiger partial charge in [-0.15, -0.1) is 0 Å². The molecule has 6 nitrogen and oxygen atoms in total. The molecule has 2 aromatic carbocycles. The second kappa shape index (κ2) is 5.52. The average Bonchev–Trinajstić information content (AvgIpc) is 3.44. The Kier molecular flexibility index (Phi) is 3.15. The van der Waals surface area contributed by atoms with E-state index < -0.39 is 17.9 Å². The summed E-state index contributed by atoms with van der Waals surface area (Å²) in [7, 11) is 0. The van der Waals surface area contributed by atoms with Crippen molar-refractivity contribution in [2.24, 2.45) is 22.9 Å². The number of benzene rings is 2. The Labute approximate surface area is 161 Å². The number of oxime groups is 1. The van der Waals surface area contributed by atoms with E-state index in [1.807, 2.05) is 61.5 Å². The summed E-state index contributed by atoms with van der Waals surface area (Å²) in [5.74, 6) is -1.46. The molecule has 3 saturated heterocycles. The van der Waals surface area contributed by atoms with Crippen molar-refractivity contribution in [1.29, 1.82) is 0 Å². The summed E-state index contributed by atoms with van der Waals surface area (Å²) in [5.41, 5.74) is 3.48. The summed E-state index contributed by atoms with van der Waals surface area (Å²) in [6.45, 7) is 1.98. The molecule has 0 spiro atoms. The lowest BCUT2D eigenvalue weighted by Gasteiger charge is -2.26. The average molecular weight is 374 g/mol. The Morgan fingerprint density at radius 1 is 0.821 bits per heavy atom. The summed E-state index contributed by atoms with van der Waals surface area (Å²) in [6.07, 6.45) is -1.12. The highest BCUT2D eigenvalue weighted by atomic mass is 16.7. The molecule has 4 aliphatic rings. The Morgan fingerprint density at radius 3 is 2.21 bits per heavy atom. The molecule has 140 valence electrons. The summed E-state index contributed by atoms with van der Waals surface area (Å²) in [5, 5.41) is 4.30. The predicted molar refractivity (Wildman–Crippen MR) is 101 cm³/mol. The Hall–Kier alpha value is -2.99. The van der Waals surface area contributed by atoms with Gasteiger partial charge in [0.25, 0.3) is 0 Å². The topological polar surface area (TPSA) is 68.2 Å². The van der Waals surface area contributed by atoms with E-state index in [1.165, 1.54) is 4.90 Å². The third kappa shape index (κ3) is 1.93. The third-order valence-electron chi connectivity index (χ3n) is 6.40. The molecule has 0 aliphatic carbocycles. The first-order valence-electron chi connectivity index (χ1n) is 9.54. The van der Waals surface area contributed by atoms with E-state index in [1.54, 1.807) is 0 Å². The monoisotopic (exact) mass is 374 g/mol. The SMILES string of the molecule is Cc1ccc(N2C(=O)C3C4OC(C5C(c6ccccc6)=NOC45)C3C2=O)cc1. The zero-order valence-corrected chi connectivity index (χ0v) is 15.2. The van der Waals surface area contributed by atoms with Crippen molar-refractivity contribution in [3.8, 4) is 0 Å². The number of ether oxygens (including phenoxy) is 1. The number of rotatable bonds is 2. The molecular weight excluding hydrogens is 356 g/mol. The van der Waals surface area contributed by atoms with Crippen LogP contribution in [-0.4, -0.2) is 35.8 Å². The maximum Gasteiger partial charge on any atom is 0.240 e. The van der Waals surface area contributed by atoms with Gasteiger partial charge in [-0.3, -0.25) is 9.59 Å². The molecule has 6 rings (SSSR count). The van der Waals surface area contributed by atoms with E-state index >= 15 is 0 Å². The maximum atomic E-state index is 13.2. The Bertz CT molecular complexity index is 1020. The van der Waals surface area contributed by atoms with Crippen LogP contribution in [0.15, 0.2) is 59.8 Å². The molecule has 3 fully saturated rings. The molecule has 6 heteroatoms. The van der Waals surface area contributed by atoms with Gasteiger partial charge in [-0.05, 0) is 24.6 Å². The first kappa shape index (κ1) is 16.0. The second-order valence-electron chi connectivity index (χ2n) is 7.90. The van der Waals surface area contributed by atoms with Crippen molar-refractivity contribution in [2.45, 2.75) is 25.2 Å². The van der Waals surface area contributed by atoms with E-state index in [0.717, 1.165) is 16.8 Å². The number of carbonyl (C=O) groups excluding carboxylic acids is 2. The van der Waals surface area contributed by atoms with Gasteiger partial charge in [-0.25, -0.2) is 4.90 Å². The standard InChI is InChI=1S/C22H18N2O4/c1-11-7-9-13(10-8-11)24-21(25)14-15(22(24)26)19-20-16(18(14)27-19)17(23-28-20)12-5-3-2-4-6-12/h2-10,14-16,18-20H,1H3. The number of imide groups is 1. The molecule has 0 aromatic heterocycles. The lowest BCUT2D eigenvalue weighted by molar-refractivity contribution is -0.125. The van der Waals surface area contributed by atoms with Crippen molar-refractivity contribution < 1.29 is 19.2 Å². The van der Waals surface area contributed by atoms with Gasteiger partial charge < -0.3 is 9.57 Å². The molecule has 0 saturated carbocycles. The largest absolute Gasteiger partial charge is 0.389 e. The molecular formula is C22H18N2O4. The van der Waals surface area contributed by atoms with E-state index in [-0.39, 0.29) is 29.9 Å². The minimum absolute atomic E-state index is 0.122. The fourth-order valence-corrected chi connectivity index (χ4v) is 5.15.